The molecule has 5 nitrogen and oxygen atoms in total. The number of carbonyl (C=O) groups is 3. The number of carboxylic acids is 1. The molecule has 0 unspecified atom stereocenters. The fourth-order valence-corrected chi connectivity index (χ4v) is 4.40. The summed E-state index contributed by atoms with van der Waals surface area (Å²) in [5.74, 6) is -1.66. The van der Waals surface area contributed by atoms with Gasteiger partial charge in [0.25, 0.3) is 0 Å². The van der Waals surface area contributed by atoms with Crippen molar-refractivity contribution in [3.05, 3.63) is 0 Å². The van der Waals surface area contributed by atoms with Crippen LogP contribution in [0.1, 0.15) is 33.1 Å². The quantitative estimate of drug-likeness (QED) is 0.776. The van der Waals surface area contributed by atoms with E-state index in [0.29, 0.717) is 11.8 Å². The number of rotatable bonds is 3. The van der Waals surface area contributed by atoms with Gasteiger partial charge < -0.3 is 5.11 Å². The maximum absolute atomic E-state index is 12.5. The molecule has 19 heavy (non-hydrogen) atoms. The third-order valence-corrected chi connectivity index (χ3v) is 5.12. The van der Waals surface area contributed by atoms with Crippen molar-refractivity contribution in [3.63, 3.8) is 0 Å². The van der Waals surface area contributed by atoms with Crippen LogP contribution in [0.5, 0.6) is 0 Å². The molecule has 5 heteroatoms. The van der Waals surface area contributed by atoms with Crippen LogP contribution < -0.4 is 0 Å². The summed E-state index contributed by atoms with van der Waals surface area (Å²) in [7, 11) is 0. The van der Waals surface area contributed by atoms with Crippen LogP contribution in [-0.4, -0.2) is 33.8 Å². The summed E-state index contributed by atoms with van der Waals surface area (Å²) >= 11 is 0. The van der Waals surface area contributed by atoms with Crippen LogP contribution in [0, 0.1) is 29.6 Å². The van der Waals surface area contributed by atoms with Crippen LogP contribution in [-0.2, 0) is 14.4 Å². The average Bonchev–Trinajstić information content (AvgIpc) is 2.97. The number of hydrogen-bond donors (Lipinski definition) is 1. The minimum absolute atomic E-state index is 0.230. The summed E-state index contributed by atoms with van der Waals surface area (Å²) in [5, 5.41) is 9.30. The van der Waals surface area contributed by atoms with Gasteiger partial charge in [0, 0.05) is 0 Å². The second kappa shape index (κ2) is 4.05. The molecule has 5 atom stereocenters. The summed E-state index contributed by atoms with van der Waals surface area (Å²) in [6.45, 7) is 3.48. The van der Waals surface area contributed by atoms with Crippen molar-refractivity contribution in [2.24, 2.45) is 29.6 Å². The fraction of sp³-hybridized carbons (Fsp3) is 0.786. The van der Waals surface area contributed by atoms with E-state index >= 15 is 0 Å². The van der Waals surface area contributed by atoms with Gasteiger partial charge in [-0.25, -0.2) is 4.79 Å². The van der Waals surface area contributed by atoms with Crippen LogP contribution >= 0.6 is 0 Å². The molecular weight excluding hydrogens is 246 g/mol. The van der Waals surface area contributed by atoms with Crippen LogP contribution in [0.2, 0.25) is 0 Å². The number of hydrogen-bond acceptors (Lipinski definition) is 3. The standard InChI is InChI=1S/C14H19NO4/c1-6(2)11(14(18)19)15-12(16)9-7-3-4-8(5-7)10(9)13(15)17/h6-11H,3-5H2,1-2H3,(H,18,19)/t7-,8-,9-,10+,11-/m0/s1. The Hall–Kier alpha value is -1.39. The van der Waals surface area contributed by atoms with E-state index in [4.69, 9.17) is 0 Å². The number of imide groups is 1. The molecule has 0 aromatic carbocycles. The lowest BCUT2D eigenvalue weighted by Crippen LogP contribution is -2.49. The number of carboxylic acid groups (broad SMARTS) is 1. The van der Waals surface area contributed by atoms with Crippen molar-refractivity contribution in [3.8, 4) is 0 Å². The normalized spacial score (nSPS) is 38.2. The van der Waals surface area contributed by atoms with Gasteiger partial charge in [-0.2, -0.15) is 0 Å². The highest BCUT2D eigenvalue weighted by Gasteiger charge is 2.62. The van der Waals surface area contributed by atoms with Gasteiger partial charge in [0.2, 0.25) is 11.8 Å². The molecule has 0 spiro atoms. The molecule has 3 aliphatic rings. The molecule has 0 aromatic rings. The van der Waals surface area contributed by atoms with Crippen LogP contribution in [0.25, 0.3) is 0 Å². The first-order valence-electron chi connectivity index (χ1n) is 7.03. The average molecular weight is 265 g/mol. The number of amides is 2. The van der Waals surface area contributed by atoms with E-state index in [2.05, 4.69) is 0 Å². The maximum Gasteiger partial charge on any atom is 0.327 e. The Labute approximate surface area is 112 Å². The lowest BCUT2D eigenvalue weighted by Gasteiger charge is -2.27. The highest BCUT2D eigenvalue weighted by molar-refractivity contribution is 6.08. The number of nitrogens with zero attached hydrogens (tertiary/aromatic N) is 1. The number of likely N-dealkylation sites (tertiary alicyclic amines) is 1. The van der Waals surface area contributed by atoms with Gasteiger partial charge in [-0.1, -0.05) is 13.8 Å². The van der Waals surface area contributed by atoms with Crippen LogP contribution in [0.3, 0.4) is 0 Å². The van der Waals surface area contributed by atoms with Gasteiger partial charge in [0.1, 0.15) is 6.04 Å². The number of carbonyl (C=O) groups excluding carboxylic acids is 2. The Kier molecular flexibility index (Phi) is 2.69. The van der Waals surface area contributed by atoms with Crippen LogP contribution in [0.15, 0.2) is 0 Å². The minimum atomic E-state index is -1.08. The molecule has 0 aromatic heterocycles. The summed E-state index contributed by atoms with van der Waals surface area (Å²) in [6.07, 6.45) is 3.00. The van der Waals surface area contributed by atoms with E-state index in [1.165, 1.54) is 0 Å². The van der Waals surface area contributed by atoms with Gasteiger partial charge in [0.15, 0.2) is 0 Å². The maximum atomic E-state index is 12.5. The highest BCUT2D eigenvalue weighted by atomic mass is 16.4. The van der Waals surface area contributed by atoms with Crippen molar-refractivity contribution in [1.82, 2.24) is 4.90 Å². The Morgan fingerprint density at radius 2 is 1.63 bits per heavy atom. The first-order chi connectivity index (χ1) is 8.93. The summed E-state index contributed by atoms with van der Waals surface area (Å²) in [6, 6.07) is -1.01. The van der Waals surface area contributed by atoms with Crippen LogP contribution in [0.4, 0.5) is 0 Å². The van der Waals surface area contributed by atoms with E-state index in [1.807, 2.05) is 0 Å². The van der Waals surface area contributed by atoms with Gasteiger partial charge in [0.05, 0.1) is 11.8 Å². The highest BCUT2D eigenvalue weighted by Crippen LogP contribution is 2.56. The molecule has 0 radical (unpaired) electrons. The molecule has 2 saturated carbocycles. The predicted molar refractivity (Wildman–Crippen MR) is 65.9 cm³/mol. The van der Waals surface area contributed by atoms with Crippen molar-refractivity contribution in [2.75, 3.05) is 0 Å². The molecule has 3 rings (SSSR count). The van der Waals surface area contributed by atoms with Crippen molar-refractivity contribution in [1.29, 1.82) is 0 Å². The molecular formula is C14H19NO4. The molecule has 1 heterocycles. The zero-order chi connectivity index (χ0) is 13.9. The number of fused-ring (bicyclic) bond motifs is 5. The SMILES string of the molecule is CC(C)[C@@H](C(=O)O)N1C(=O)[C@@H]2[C@H]3CC[C@@H](C3)[C@@H]2C1=O. The van der Waals surface area contributed by atoms with Gasteiger partial charge in [-0.3, -0.25) is 14.5 Å². The topological polar surface area (TPSA) is 74.7 Å². The van der Waals surface area contributed by atoms with Crippen molar-refractivity contribution < 1.29 is 19.5 Å². The van der Waals surface area contributed by atoms with Crippen molar-refractivity contribution >= 4 is 17.8 Å². The van der Waals surface area contributed by atoms with E-state index < -0.39 is 12.0 Å². The van der Waals surface area contributed by atoms with E-state index in [0.717, 1.165) is 24.2 Å². The largest absolute Gasteiger partial charge is 0.480 e. The number of aliphatic carboxylic acids is 1. The summed E-state index contributed by atoms with van der Waals surface area (Å²) in [4.78, 5) is 37.4. The molecule has 1 N–H and O–H groups in total. The van der Waals surface area contributed by atoms with E-state index in [-0.39, 0.29) is 29.6 Å². The predicted octanol–water partition coefficient (Wildman–Crippen LogP) is 1.13. The lowest BCUT2D eigenvalue weighted by atomic mass is 9.81. The van der Waals surface area contributed by atoms with Gasteiger partial charge >= 0.3 is 5.97 Å². The first-order valence-corrected chi connectivity index (χ1v) is 7.03. The third kappa shape index (κ3) is 1.56. The fourth-order valence-electron chi connectivity index (χ4n) is 4.40. The smallest absolute Gasteiger partial charge is 0.327 e. The third-order valence-electron chi connectivity index (χ3n) is 5.12. The molecule has 1 saturated heterocycles. The van der Waals surface area contributed by atoms with Gasteiger partial charge in [-0.05, 0) is 37.0 Å². The van der Waals surface area contributed by atoms with E-state index in [1.54, 1.807) is 13.8 Å². The Morgan fingerprint density at radius 3 is 2.00 bits per heavy atom. The zero-order valence-corrected chi connectivity index (χ0v) is 11.2. The Balaban J connectivity index is 1.94. The van der Waals surface area contributed by atoms with Crippen molar-refractivity contribution in [2.45, 2.75) is 39.2 Å². The molecule has 3 fully saturated rings. The minimum Gasteiger partial charge on any atom is -0.480 e. The molecule has 104 valence electrons. The Morgan fingerprint density at radius 1 is 1.16 bits per heavy atom. The Bertz CT molecular complexity index is 430. The molecule has 2 aliphatic carbocycles. The zero-order valence-electron chi connectivity index (χ0n) is 11.2. The molecule has 2 bridgehead atoms. The molecule has 1 aliphatic heterocycles. The lowest BCUT2D eigenvalue weighted by molar-refractivity contribution is -0.157. The summed E-state index contributed by atoms with van der Waals surface area (Å²) < 4.78 is 0. The second-order valence-corrected chi connectivity index (χ2v) is 6.46. The summed E-state index contributed by atoms with van der Waals surface area (Å²) in [5.41, 5.74) is 0. The molecule has 2 amide bonds. The van der Waals surface area contributed by atoms with Gasteiger partial charge in [-0.15, -0.1) is 0 Å². The second-order valence-electron chi connectivity index (χ2n) is 6.46. The van der Waals surface area contributed by atoms with E-state index in [9.17, 15) is 19.5 Å². The first kappa shape index (κ1) is 12.6. The monoisotopic (exact) mass is 265 g/mol.